The van der Waals surface area contributed by atoms with Crippen molar-refractivity contribution in [2.45, 2.75) is 77.6 Å². The lowest BCUT2D eigenvalue weighted by Gasteiger charge is -2.31. The van der Waals surface area contributed by atoms with E-state index in [1.54, 1.807) is 0 Å². The zero-order chi connectivity index (χ0) is 15.1. The molecule has 2 fully saturated rings. The summed E-state index contributed by atoms with van der Waals surface area (Å²) in [6.07, 6.45) is 13.4. The highest BCUT2D eigenvalue weighted by atomic mass is 16.2. The second kappa shape index (κ2) is 8.17. The van der Waals surface area contributed by atoms with Crippen LogP contribution in [-0.4, -0.2) is 19.0 Å². The van der Waals surface area contributed by atoms with Crippen molar-refractivity contribution in [3.63, 3.8) is 0 Å². The maximum Gasteiger partial charge on any atom is 0.227 e. The lowest BCUT2D eigenvalue weighted by Crippen LogP contribution is -2.46. The fourth-order valence-corrected chi connectivity index (χ4v) is 4.12. The lowest BCUT2D eigenvalue weighted by atomic mass is 9.79. The number of hydrogen-bond donors (Lipinski definition) is 2. The molecule has 2 rings (SSSR count). The molecule has 21 heavy (non-hydrogen) atoms. The summed E-state index contributed by atoms with van der Waals surface area (Å²) in [7, 11) is 0. The van der Waals surface area contributed by atoms with E-state index in [4.69, 9.17) is 5.73 Å². The number of carbonyl (C=O) groups is 1. The molecule has 0 aromatic rings. The van der Waals surface area contributed by atoms with Crippen LogP contribution in [0.15, 0.2) is 0 Å². The summed E-state index contributed by atoms with van der Waals surface area (Å²) >= 11 is 0. The van der Waals surface area contributed by atoms with Crippen LogP contribution in [0.1, 0.15) is 77.6 Å². The Kier molecular flexibility index (Phi) is 6.53. The highest BCUT2D eigenvalue weighted by molar-refractivity contribution is 5.82. The zero-order valence-corrected chi connectivity index (χ0v) is 13.8. The number of nitrogens with two attached hydrogens (primary N) is 1. The van der Waals surface area contributed by atoms with Gasteiger partial charge < -0.3 is 11.1 Å². The number of nitrogens with one attached hydrogen (secondary N) is 1. The van der Waals surface area contributed by atoms with Crippen LogP contribution in [0, 0.1) is 17.3 Å². The van der Waals surface area contributed by atoms with Crippen molar-refractivity contribution >= 4 is 5.91 Å². The number of amides is 1. The Hall–Kier alpha value is -0.570. The fraction of sp³-hybridized carbons (Fsp3) is 0.944. The Morgan fingerprint density at radius 1 is 1.10 bits per heavy atom. The summed E-state index contributed by atoms with van der Waals surface area (Å²) in [6, 6.07) is 0. The van der Waals surface area contributed by atoms with Gasteiger partial charge in [-0.25, -0.2) is 0 Å². The van der Waals surface area contributed by atoms with Crippen LogP contribution in [0.2, 0.25) is 0 Å². The number of rotatable bonds is 5. The smallest absolute Gasteiger partial charge is 0.227 e. The Morgan fingerprint density at radius 2 is 1.71 bits per heavy atom. The maximum atomic E-state index is 12.6. The summed E-state index contributed by atoms with van der Waals surface area (Å²) < 4.78 is 0. The van der Waals surface area contributed by atoms with Crippen molar-refractivity contribution in [1.29, 1.82) is 0 Å². The van der Waals surface area contributed by atoms with Gasteiger partial charge in [-0.15, -0.1) is 0 Å². The van der Waals surface area contributed by atoms with Crippen LogP contribution in [0.25, 0.3) is 0 Å². The van der Waals surface area contributed by atoms with Crippen LogP contribution in [0.3, 0.4) is 0 Å². The summed E-state index contributed by atoms with van der Waals surface area (Å²) in [5, 5.41) is 3.21. The minimum Gasteiger partial charge on any atom is -0.356 e. The van der Waals surface area contributed by atoms with Crippen molar-refractivity contribution in [3.05, 3.63) is 0 Å². The van der Waals surface area contributed by atoms with E-state index >= 15 is 0 Å². The third-order valence-corrected chi connectivity index (χ3v) is 5.91. The van der Waals surface area contributed by atoms with Crippen molar-refractivity contribution in [2.24, 2.45) is 23.0 Å². The van der Waals surface area contributed by atoms with E-state index in [2.05, 4.69) is 12.2 Å². The summed E-state index contributed by atoms with van der Waals surface area (Å²) in [5.41, 5.74) is 5.71. The molecule has 0 radical (unpaired) electrons. The second-order valence-electron chi connectivity index (χ2n) is 7.57. The van der Waals surface area contributed by atoms with Gasteiger partial charge in [0.05, 0.1) is 5.41 Å². The minimum absolute atomic E-state index is 0.232. The molecule has 0 aromatic heterocycles. The molecule has 3 nitrogen and oxygen atoms in total. The molecule has 0 aromatic carbocycles. The summed E-state index contributed by atoms with van der Waals surface area (Å²) in [5.74, 6) is 1.96. The van der Waals surface area contributed by atoms with Crippen LogP contribution < -0.4 is 11.1 Å². The number of carbonyl (C=O) groups excluding carboxylic acids is 1. The molecule has 3 heteroatoms. The van der Waals surface area contributed by atoms with Gasteiger partial charge in [-0.3, -0.25) is 4.79 Å². The molecule has 122 valence electrons. The molecular formula is C18H34N2O. The molecule has 0 bridgehead atoms. The van der Waals surface area contributed by atoms with Crippen LogP contribution >= 0.6 is 0 Å². The third kappa shape index (κ3) is 4.70. The standard InChI is InChI=1S/C18H34N2O/c1-15-6-8-16(9-7-15)10-13-20-17(21)18(14-19)11-4-2-3-5-12-18/h15-16H,2-14,19H2,1H3,(H,20,21). The second-order valence-corrected chi connectivity index (χ2v) is 7.57. The predicted octanol–water partition coefficient (Wildman–Crippen LogP) is 3.62. The predicted molar refractivity (Wildman–Crippen MR) is 87.9 cm³/mol. The molecule has 2 saturated carbocycles. The van der Waals surface area contributed by atoms with E-state index in [9.17, 15) is 4.79 Å². The third-order valence-electron chi connectivity index (χ3n) is 5.91. The molecule has 0 atom stereocenters. The Balaban J connectivity index is 1.74. The van der Waals surface area contributed by atoms with E-state index in [0.29, 0.717) is 6.54 Å². The van der Waals surface area contributed by atoms with Gasteiger partial charge in [0.15, 0.2) is 0 Å². The van der Waals surface area contributed by atoms with Gasteiger partial charge in [0.25, 0.3) is 0 Å². The molecule has 3 N–H and O–H groups in total. The van der Waals surface area contributed by atoms with Gasteiger partial charge in [-0.05, 0) is 31.1 Å². The van der Waals surface area contributed by atoms with E-state index in [-0.39, 0.29) is 11.3 Å². The molecule has 0 unspecified atom stereocenters. The van der Waals surface area contributed by atoms with Crippen molar-refractivity contribution in [2.75, 3.05) is 13.1 Å². The van der Waals surface area contributed by atoms with Crippen molar-refractivity contribution < 1.29 is 4.79 Å². The number of hydrogen-bond acceptors (Lipinski definition) is 2. The van der Waals surface area contributed by atoms with Gasteiger partial charge >= 0.3 is 0 Å². The first-order valence-corrected chi connectivity index (χ1v) is 9.15. The molecule has 0 spiro atoms. The molecule has 2 aliphatic carbocycles. The van der Waals surface area contributed by atoms with E-state index in [1.807, 2.05) is 0 Å². The van der Waals surface area contributed by atoms with Crippen LogP contribution in [0.5, 0.6) is 0 Å². The minimum atomic E-state index is -0.266. The molecule has 0 heterocycles. The Labute approximate surface area is 130 Å². The maximum absolute atomic E-state index is 12.6. The van der Waals surface area contributed by atoms with Crippen molar-refractivity contribution in [3.8, 4) is 0 Å². The molecule has 0 aliphatic heterocycles. The highest BCUT2D eigenvalue weighted by Crippen LogP contribution is 2.34. The van der Waals surface area contributed by atoms with Gasteiger partial charge in [-0.2, -0.15) is 0 Å². The molecular weight excluding hydrogens is 260 g/mol. The fourth-order valence-electron chi connectivity index (χ4n) is 4.12. The van der Waals surface area contributed by atoms with Crippen LogP contribution in [-0.2, 0) is 4.79 Å². The Bertz CT molecular complexity index is 313. The monoisotopic (exact) mass is 294 g/mol. The first-order chi connectivity index (χ1) is 10.2. The average molecular weight is 294 g/mol. The summed E-state index contributed by atoms with van der Waals surface area (Å²) in [4.78, 5) is 12.6. The topological polar surface area (TPSA) is 55.1 Å². The molecule has 0 saturated heterocycles. The van der Waals surface area contributed by atoms with E-state index in [0.717, 1.165) is 50.5 Å². The highest BCUT2D eigenvalue weighted by Gasteiger charge is 2.36. The lowest BCUT2D eigenvalue weighted by molar-refractivity contribution is -0.131. The zero-order valence-electron chi connectivity index (χ0n) is 13.8. The molecule has 1 amide bonds. The van der Waals surface area contributed by atoms with Gasteiger partial charge in [0, 0.05) is 13.1 Å². The SMILES string of the molecule is CC1CCC(CCNC(=O)C2(CN)CCCCCC2)CC1. The Morgan fingerprint density at radius 3 is 2.29 bits per heavy atom. The van der Waals surface area contributed by atoms with Crippen molar-refractivity contribution in [1.82, 2.24) is 5.32 Å². The van der Waals surface area contributed by atoms with Crippen LogP contribution in [0.4, 0.5) is 0 Å². The first kappa shape index (κ1) is 16.8. The normalized spacial score (nSPS) is 29.6. The largest absolute Gasteiger partial charge is 0.356 e. The summed E-state index contributed by atoms with van der Waals surface area (Å²) in [6.45, 7) is 3.72. The van der Waals surface area contributed by atoms with E-state index in [1.165, 1.54) is 38.5 Å². The average Bonchev–Trinajstić information content (AvgIpc) is 2.75. The quantitative estimate of drug-likeness (QED) is 0.761. The van der Waals surface area contributed by atoms with Gasteiger partial charge in [0.2, 0.25) is 5.91 Å². The van der Waals surface area contributed by atoms with Gasteiger partial charge in [0.1, 0.15) is 0 Å². The van der Waals surface area contributed by atoms with Gasteiger partial charge in [-0.1, -0.05) is 58.3 Å². The first-order valence-electron chi connectivity index (χ1n) is 9.15. The van der Waals surface area contributed by atoms with E-state index < -0.39 is 0 Å². The molecule has 2 aliphatic rings.